The number of carbonyl (C=O) groups is 1. The number of amides is 1. The Balaban J connectivity index is 3.23. The Kier molecular flexibility index (Phi) is 7.34. The maximum atomic E-state index is 12.2. The number of nitrogens with one attached hydrogen (secondary N) is 1. The van der Waals surface area contributed by atoms with E-state index in [4.69, 9.17) is 9.29 Å². The molecule has 0 aliphatic carbocycles. The summed E-state index contributed by atoms with van der Waals surface area (Å²) in [6, 6.07) is 0. The van der Waals surface area contributed by atoms with E-state index in [2.05, 4.69) is 23.5 Å². The minimum atomic E-state index is -5.08. The molecule has 1 unspecified atom stereocenters. The molecule has 1 saturated heterocycles. The molecule has 12 nitrogen and oxygen atoms in total. The number of thiol groups is 1. The molecular weight excluding hydrogens is 386 g/mol. The molecule has 7 N–H and O–H groups in total. The van der Waals surface area contributed by atoms with Gasteiger partial charge in [-0.25, -0.2) is 5.48 Å². The zero-order valence-corrected chi connectivity index (χ0v) is 14.2. The lowest BCUT2D eigenvalue weighted by atomic mass is 9.83. The van der Waals surface area contributed by atoms with Gasteiger partial charge in [-0.2, -0.15) is 8.42 Å². The molecule has 1 heterocycles. The minimum absolute atomic E-state index is 0.817. The van der Waals surface area contributed by atoms with Crippen LogP contribution in [0.1, 0.15) is 0 Å². The van der Waals surface area contributed by atoms with Gasteiger partial charge in [-0.3, -0.25) is 9.35 Å². The fourth-order valence-electron chi connectivity index (χ4n) is 2.32. The van der Waals surface area contributed by atoms with Gasteiger partial charge in [-0.15, -0.1) is 23.5 Å². The lowest BCUT2D eigenvalue weighted by molar-refractivity contribution is -0.258. The van der Waals surface area contributed by atoms with Crippen LogP contribution in [-0.4, -0.2) is 86.5 Å². The van der Waals surface area contributed by atoms with Gasteiger partial charge in [0.2, 0.25) is 0 Å². The zero-order valence-electron chi connectivity index (χ0n) is 12.5. The first-order valence-electron chi connectivity index (χ1n) is 6.70. The summed E-state index contributed by atoms with van der Waals surface area (Å²) in [5.74, 6) is -3.37. The lowest BCUT2D eigenvalue weighted by Gasteiger charge is -2.49. The summed E-state index contributed by atoms with van der Waals surface area (Å²) in [4.78, 5) is 9.75. The van der Waals surface area contributed by atoms with Crippen LogP contribution in [0.25, 0.3) is 0 Å². The van der Waals surface area contributed by atoms with Crippen molar-refractivity contribution in [3.8, 4) is 0 Å². The third-order valence-electron chi connectivity index (χ3n) is 3.56. The predicted octanol–water partition coefficient (Wildman–Crippen LogP) is -3.90. The highest BCUT2D eigenvalue weighted by Gasteiger charge is 2.59. The number of aliphatic hydroxyl groups is 5. The molecule has 146 valence electrons. The Morgan fingerprint density at radius 2 is 1.96 bits per heavy atom. The normalized spacial score (nSPS) is 35.6. The van der Waals surface area contributed by atoms with E-state index in [0.717, 1.165) is 6.08 Å². The monoisotopic (exact) mass is 405 g/mol. The lowest BCUT2D eigenvalue weighted by Crippen LogP contribution is -2.68. The van der Waals surface area contributed by atoms with Crippen molar-refractivity contribution in [3.05, 3.63) is 12.7 Å². The average Bonchev–Trinajstić information content (AvgIpc) is 2.53. The van der Waals surface area contributed by atoms with E-state index in [1.54, 1.807) is 0 Å². The van der Waals surface area contributed by atoms with Gasteiger partial charge < -0.3 is 30.3 Å². The fourth-order valence-corrected chi connectivity index (χ4v) is 3.06. The number of aliphatic hydroxyl groups excluding tert-OH is 5. The van der Waals surface area contributed by atoms with Crippen molar-refractivity contribution in [3.63, 3.8) is 0 Å². The fraction of sp³-hybridized carbons (Fsp3) is 0.727. The second-order valence-electron chi connectivity index (χ2n) is 5.20. The summed E-state index contributed by atoms with van der Waals surface area (Å²) in [5.41, 5.74) is 1.31. The molecule has 0 aromatic carbocycles. The van der Waals surface area contributed by atoms with Crippen LogP contribution in [-0.2, 0) is 24.2 Å². The second-order valence-corrected chi connectivity index (χ2v) is 6.92. The quantitative estimate of drug-likeness (QED) is 0.0890. The first-order valence-corrected chi connectivity index (χ1v) is 8.51. The predicted molar refractivity (Wildman–Crippen MR) is 82.2 cm³/mol. The molecule has 0 aromatic heterocycles. The highest BCUT2D eigenvalue weighted by Crippen LogP contribution is 2.41. The summed E-state index contributed by atoms with van der Waals surface area (Å²) >= 11 is 3.96. The van der Waals surface area contributed by atoms with Gasteiger partial charge in [0.15, 0.2) is 4.93 Å². The number of ether oxygens (including phenoxy) is 1. The van der Waals surface area contributed by atoms with Crippen LogP contribution < -0.4 is 5.48 Å². The van der Waals surface area contributed by atoms with Crippen LogP contribution in [0.15, 0.2) is 12.7 Å². The van der Waals surface area contributed by atoms with Crippen LogP contribution in [0.2, 0.25) is 0 Å². The molecule has 14 heteroatoms. The number of hydrogen-bond donors (Lipinski definition) is 8. The second kappa shape index (κ2) is 8.26. The first-order chi connectivity index (χ1) is 11.4. The maximum Gasteiger partial charge on any atom is 0.418 e. The van der Waals surface area contributed by atoms with Gasteiger partial charge in [-0.1, -0.05) is 6.08 Å². The van der Waals surface area contributed by atoms with Crippen molar-refractivity contribution < 1.29 is 52.3 Å². The van der Waals surface area contributed by atoms with E-state index in [-0.39, 0.29) is 0 Å². The van der Waals surface area contributed by atoms with Gasteiger partial charge in [0.25, 0.3) is 5.91 Å². The first kappa shape index (κ1) is 22.2. The van der Waals surface area contributed by atoms with Crippen molar-refractivity contribution in [1.82, 2.24) is 5.48 Å². The third-order valence-corrected chi connectivity index (χ3v) is 4.50. The molecule has 0 spiro atoms. The van der Waals surface area contributed by atoms with Crippen molar-refractivity contribution >= 4 is 28.9 Å². The molecule has 25 heavy (non-hydrogen) atoms. The van der Waals surface area contributed by atoms with Gasteiger partial charge >= 0.3 is 10.4 Å². The Bertz CT molecular complexity index is 597. The van der Waals surface area contributed by atoms with Crippen LogP contribution in [0, 0.1) is 5.92 Å². The topological polar surface area (TPSA) is 203 Å². The van der Waals surface area contributed by atoms with E-state index in [9.17, 15) is 38.7 Å². The summed E-state index contributed by atoms with van der Waals surface area (Å²) in [5, 5.41) is 48.9. The van der Waals surface area contributed by atoms with E-state index in [0.29, 0.717) is 0 Å². The van der Waals surface area contributed by atoms with Gasteiger partial charge in [0.05, 0.1) is 12.7 Å². The summed E-state index contributed by atoms with van der Waals surface area (Å²) in [7, 11) is -5.08. The van der Waals surface area contributed by atoms with Gasteiger partial charge in [0, 0.05) is 0 Å². The highest BCUT2D eigenvalue weighted by atomic mass is 32.3. The molecular formula is C11H19NO11S2. The summed E-state index contributed by atoms with van der Waals surface area (Å²) in [6.45, 7) is 2.39. The van der Waals surface area contributed by atoms with E-state index >= 15 is 0 Å². The Morgan fingerprint density at radius 1 is 1.40 bits per heavy atom. The number of rotatable bonds is 7. The number of hydroxylamine groups is 1. The zero-order chi connectivity index (χ0) is 19.6. The molecule has 1 rings (SSSR count). The largest absolute Gasteiger partial charge is 0.418 e. The summed E-state index contributed by atoms with van der Waals surface area (Å²) in [6.07, 6.45) is -8.22. The Hall–Kier alpha value is -0.810. The number of carbonyl (C=O) groups excluding carboxylic acids is 1. The number of hydrogen-bond acceptors (Lipinski definition) is 11. The molecule has 0 aromatic rings. The van der Waals surface area contributed by atoms with Gasteiger partial charge in [-0.05, 0) is 0 Å². The van der Waals surface area contributed by atoms with Crippen LogP contribution in [0.4, 0.5) is 0 Å². The van der Waals surface area contributed by atoms with E-state index in [1.807, 2.05) is 0 Å². The van der Waals surface area contributed by atoms with Crippen LogP contribution in [0.5, 0.6) is 0 Å². The molecule has 1 fully saturated rings. The SMILES string of the molecule is C=CC(O)[C@H](C(=O)NOS(=O)(=O)O)[C@@]1(S)O[C@H](CO)[C@@H](O)[C@H](O)[C@H]1O. The molecule has 0 radical (unpaired) electrons. The van der Waals surface area contributed by atoms with Crippen LogP contribution >= 0.6 is 12.6 Å². The van der Waals surface area contributed by atoms with Crippen LogP contribution in [0.3, 0.4) is 0 Å². The molecule has 0 saturated carbocycles. The maximum absolute atomic E-state index is 12.2. The molecule has 1 aliphatic rings. The molecule has 1 aliphatic heterocycles. The van der Waals surface area contributed by atoms with Crippen molar-refractivity contribution in [2.45, 2.75) is 35.5 Å². The van der Waals surface area contributed by atoms with Gasteiger partial charge in [0.1, 0.15) is 30.3 Å². The summed E-state index contributed by atoms with van der Waals surface area (Å²) < 4.78 is 38.4. The Labute approximate surface area is 148 Å². The smallest absolute Gasteiger partial charge is 0.394 e. The molecule has 0 bridgehead atoms. The standard InChI is InChI=1S/C11H19NO11S2/c1-2-4(14)6(10(18)12-23-25(19,20)21)11(24)9(17)8(16)7(15)5(3-13)22-11/h2,4-9,13-17,24H,1,3H2,(H,12,18)(H,19,20,21)/t4?,5-,6-,7-,8+,9-,11+/m1/s1. The van der Waals surface area contributed by atoms with Crippen molar-refractivity contribution in [2.24, 2.45) is 5.92 Å². The molecule has 1 amide bonds. The van der Waals surface area contributed by atoms with Crippen molar-refractivity contribution in [1.29, 1.82) is 0 Å². The highest BCUT2D eigenvalue weighted by molar-refractivity contribution is 7.81. The van der Waals surface area contributed by atoms with Crippen molar-refractivity contribution in [2.75, 3.05) is 6.61 Å². The Morgan fingerprint density at radius 3 is 2.40 bits per heavy atom. The average molecular weight is 405 g/mol. The molecule has 7 atom stereocenters. The van der Waals surface area contributed by atoms with E-state index in [1.165, 1.54) is 5.48 Å². The van der Waals surface area contributed by atoms with E-state index < -0.39 is 64.3 Å². The minimum Gasteiger partial charge on any atom is -0.394 e. The third kappa shape index (κ3) is 4.88.